The van der Waals surface area contributed by atoms with Crippen LogP contribution in [0, 0.1) is 5.92 Å². The molecule has 0 aromatic rings. The molecule has 0 aromatic heterocycles. The first kappa shape index (κ1) is 13.9. The summed E-state index contributed by atoms with van der Waals surface area (Å²) >= 11 is 0. The molecular formula is C8H19NO3. The summed E-state index contributed by atoms with van der Waals surface area (Å²) in [5.41, 5.74) is 5.27. The second kappa shape index (κ2) is 8.49. The van der Waals surface area contributed by atoms with Gasteiger partial charge < -0.3 is 15.9 Å². The molecule has 0 aliphatic carbocycles. The first-order valence-corrected chi connectivity index (χ1v) is 4.10. The smallest absolute Gasteiger partial charge is 0.320 e. The second-order valence-corrected chi connectivity index (χ2v) is 2.57. The zero-order chi connectivity index (χ0) is 10.1. The van der Waals surface area contributed by atoms with Gasteiger partial charge in [0.1, 0.15) is 6.04 Å². The number of aliphatic hydroxyl groups excluding tert-OH is 1. The van der Waals surface area contributed by atoms with Crippen molar-refractivity contribution in [3.63, 3.8) is 0 Å². The van der Waals surface area contributed by atoms with E-state index in [0.29, 0.717) is 0 Å². The normalized spacial score (nSPS) is 14.1. The molecule has 0 spiro atoms. The van der Waals surface area contributed by atoms with Crippen molar-refractivity contribution < 1.29 is 15.0 Å². The summed E-state index contributed by atoms with van der Waals surface area (Å²) in [7, 11) is 0. The predicted octanol–water partition coefficient (Wildman–Crippen LogP) is 0.443. The van der Waals surface area contributed by atoms with Crippen molar-refractivity contribution in [3.05, 3.63) is 0 Å². The van der Waals surface area contributed by atoms with Gasteiger partial charge in [-0.2, -0.15) is 0 Å². The number of rotatable bonds is 3. The monoisotopic (exact) mass is 177 g/mol. The molecule has 0 aliphatic heterocycles. The molecule has 0 bridgehead atoms. The molecule has 4 nitrogen and oxygen atoms in total. The van der Waals surface area contributed by atoms with E-state index in [1.54, 1.807) is 6.92 Å². The number of aliphatic carboxylic acids is 1. The highest BCUT2D eigenvalue weighted by Crippen LogP contribution is 2.04. The third-order valence-electron chi connectivity index (χ3n) is 1.54. The number of nitrogens with two attached hydrogens (primary N) is 1. The quantitative estimate of drug-likeness (QED) is 0.584. The third kappa shape index (κ3) is 7.50. The van der Waals surface area contributed by atoms with E-state index in [2.05, 4.69) is 0 Å². The largest absolute Gasteiger partial charge is 0.480 e. The maximum absolute atomic E-state index is 10.2. The van der Waals surface area contributed by atoms with Crippen molar-refractivity contribution in [2.45, 2.75) is 33.2 Å². The van der Waals surface area contributed by atoms with Crippen molar-refractivity contribution in [2.24, 2.45) is 11.7 Å². The van der Waals surface area contributed by atoms with E-state index in [9.17, 15) is 4.79 Å². The Bertz CT molecular complexity index is 117. The average Bonchev–Trinajstić information content (AvgIpc) is 2.03. The lowest BCUT2D eigenvalue weighted by Gasteiger charge is -2.11. The van der Waals surface area contributed by atoms with Crippen LogP contribution < -0.4 is 5.73 Å². The Balaban J connectivity index is 0. The van der Waals surface area contributed by atoms with Crippen molar-refractivity contribution in [1.82, 2.24) is 0 Å². The first-order chi connectivity index (χ1) is 5.51. The van der Waals surface area contributed by atoms with Gasteiger partial charge in [0.05, 0.1) is 0 Å². The molecule has 0 rings (SSSR count). The highest BCUT2D eigenvalue weighted by molar-refractivity contribution is 5.73. The van der Waals surface area contributed by atoms with E-state index in [4.69, 9.17) is 15.9 Å². The van der Waals surface area contributed by atoms with Crippen molar-refractivity contribution in [2.75, 3.05) is 6.61 Å². The number of carboxylic acids is 1. The van der Waals surface area contributed by atoms with Gasteiger partial charge in [0, 0.05) is 6.61 Å². The molecule has 0 heterocycles. The van der Waals surface area contributed by atoms with Gasteiger partial charge in [0.25, 0.3) is 0 Å². The van der Waals surface area contributed by atoms with Crippen LogP contribution in [0.3, 0.4) is 0 Å². The van der Waals surface area contributed by atoms with Gasteiger partial charge in [-0.15, -0.1) is 0 Å². The van der Waals surface area contributed by atoms with Crippen LogP contribution in [0.15, 0.2) is 0 Å². The minimum absolute atomic E-state index is 0.0718. The molecule has 0 aromatic carbocycles. The highest BCUT2D eigenvalue weighted by Gasteiger charge is 2.17. The lowest BCUT2D eigenvalue weighted by molar-refractivity contribution is -0.139. The summed E-state index contributed by atoms with van der Waals surface area (Å²) in [6.45, 7) is 5.69. The van der Waals surface area contributed by atoms with Gasteiger partial charge >= 0.3 is 5.97 Å². The molecule has 4 heteroatoms. The van der Waals surface area contributed by atoms with E-state index in [-0.39, 0.29) is 12.5 Å². The fourth-order valence-electron chi connectivity index (χ4n) is 0.497. The number of aliphatic hydroxyl groups is 1. The third-order valence-corrected chi connectivity index (χ3v) is 1.54. The van der Waals surface area contributed by atoms with Crippen LogP contribution in [0.4, 0.5) is 0 Å². The Morgan fingerprint density at radius 2 is 1.83 bits per heavy atom. The Morgan fingerprint density at radius 1 is 1.50 bits per heavy atom. The van der Waals surface area contributed by atoms with Crippen molar-refractivity contribution in [3.8, 4) is 0 Å². The van der Waals surface area contributed by atoms with Crippen molar-refractivity contribution >= 4 is 5.97 Å². The summed E-state index contributed by atoms with van der Waals surface area (Å²) < 4.78 is 0. The van der Waals surface area contributed by atoms with Gasteiger partial charge in [-0.05, 0) is 12.8 Å². The van der Waals surface area contributed by atoms with E-state index in [0.717, 1.165) is 6.42 Å². The predicted molar refractivity (Wildman–Crippen MR) is 47.8 cm³/mol. The zero-order valence-electron chi connectivity index (χ0n) is 7.95. The maximum atomic E-state index is 10.2. The molecule has 2 atom stereocenters. The Hall–Kier alpha value is -0.610. The lowest BCUT2D eigenvalue weighted by Crippen LogP contribution is -2.36. The maximum Gasteiger partial charge on any atom is 0.320 e. The summed E-state index contributed by atoms with van der Waals surface area (Å²) in [5, 5.41) is 15.9. The summed E-state index contributed by atoms with van der Waals surface area (Å²) in [6, 6.07) is -0.699. The second-order valence-electron chi connectivity index (χ2n) is 2.57. The Labute approximate surface area is 73.4 Å². The molecule has 4 N–H and O–H groups in total. The van der Waals surface area contributed by atoms with Gasteiger partial charge in [-0.1, -0.05) is 20.3 Å². The van der Waals surface area contributed by atoms with Crippen LogP contribution in [-0.4, -0.2) is 28.8 Å². The van der Waals surface area contributed by atoms with Gasteiger partial charge in [0.15, 0.2) is 0 Å². The van der Waals surface area contributed by atoms with E-state index in [1.807, 2.05) is 13.8 Å². The molecule has 0 radical (unpaired) electrons. The molecule has 12 heavy (non-hydrogen) atoms. The highest BCUT2D eigenvalue weighted by atomic mass is 16.4. The zero-order valence-corrected chi connectivity index (χ0v) is 7.95. The Kier molecular flexibility index (Phi) is 9.86. The minimum Gasteiger partial charge on any atom is -0.480 e. The average molecular weight is 177 g/mol. The molecule has 0 unspecified atom stereocenters. The van der Waals surface area contributed by atoms with Gasteiger partial charge in [-0.25, -0.2) is 0 Å². The van der Waals surface area contributed by atoms with Crippen LogP contribution in [-0.2, 0) is 4.79 Å². The topological polar surface area (TPSA) is 83.5 Å². The van der Waals surface area contributed by atoms with Crippen LogP contribution in [0.5, 0.6) is 0 Å². The SMILES string of the molecule is CCO.CC[C@H](C)[C@H](N)C(=O)O. The van der Waals surface area contributed by atoms with Crippen molar-refractivity contribution in [1.29, 1.82) is 0 Å². The molecular weight excluding hydrogens is 158 g/mol. The van der Waals surface area contributed by atoms with Crippen LogP contribution in [0.2, 0.25) is 0 Å². The molecule has 0 amide bonds. The van der Waals surface area contributed by atoms with Crippen LogP contribution in [0.1, 0.15) is 27.2 Å². The van der Waals surface area contributed by atoms with Crippen LogP contribution >= 0.6 is 0 Å². The number of hydrogen-bond acceptors (Lipinski definition) is 3. The molecule has 0 saturated heterocycles. The van der Waals surface area contributed by atoms with Gasteiger partial charge in [-0.3, -0.25) is 4.79 Å². The molecule has 0 fully saturated rings. The fourth-order valence-corrected chi connectivity index (χ4v) is 0.497. The molecule has 0 aliphatic rings. The van der Waals surface area contributed by atoms with Gasteiger partial charge in [0.2, 0.25) is 0 Å². The number of hydrogen-bond donors (Lipinski definition) is 3. The fraction of sp³-hybridized carbons (Fsp3) is 0.875. The standard InChI is InChI=1S/C6H13NO2.C2H6O/c1-3-4(2)5(7)6(8)9;1-2-3/h4-5H,3,7H2,1-2H3,(H,8,9);3H,2H2,1H3/t4-,5-;/m0./s1. The summed E-state index contributed by atoms with van der Waals surface area (Å²) in [6.07, 6.45) is 0.813. The number of carboxylic acid groups (broad SMARTS) is 1. The lowest BCUT2D eigenvalue weighted by atomic mass is 10.0. The molecule has 74 valence electrons. The van der Waals surface area contributed by atoms with E-state index in [1.165, 1.54) is 0 Å². The number of carbonyl (C=O) groups is 1. The summed E-state index contributed by atoms with van der Waals surface area (Å²) in [5.74, 6) is -0.841. The minimum atomic E-state index is -0.913. The van der Waals surface area contributed by atoms with Crippen LogP contribution in [0.25, 0.3) is 0 Å². The first-order valence-electron chi connectivity index (χ1n) is 4.10. The molecule has 0 saturated carbocycles. The van der Waals surface area contributed by atoms with E-state index >= 15 is 0 Å². The Morgan fingerprint density at radius 3 is 1.92 bits per heavy atom. The van der Waals surface area contributed by atoms with E-state index < -0.39 is 12.0 Å². The summed E-state index contributed by atoms with van der Waals surface area (Å²) in [4.78, 5) is 10.2.